The van der Waals surface area contributed by atoms with Crippen LogP contribution in [0.2, 0.25) is 0 Å². The summed E-state index contributed by atoms with van der Waals surface area (Å²) in [5.74, 6) is 0. The molecule has 1 aliphatic rings. The predicted molar refractivity (Wildman–Crippen MR) is 76.9 cm³/mol. The van der Waals surface area contributed by atoms with E-state index in [9.17, 15) is 5.11 Å². The molecule has 0 saturated carbocycles. The van der Waals surface area contributed by atoms with Crippen LogP contribution < -0.4 is 0 Å². The monoisotopic (exact) mass is 255 g/mol. The van der Waals surface area contributed by atoms with E-state index in [1.165, 1.54) is 11.6 Å². The Balaban J connectivity index is 2.06. The highest BCUT2D eigenvalue weighted by molar-refractivity contribution is 5.93. The summed E-state index contributed by atoms with van der Waals surface area (Å²) in [6, 6.07) is 14.4. The Kier molecular flexibility index (Phi) is 3.38. The summed E-state index contributed by atoms with van der Waals surface area (Å²) in [5, 5.41) is 12.0. The van der Waals surface area contributed by atoms with Crippen LogP contribution in [0.1, 0.15) is 5.56 Å². The van der Waals surface area contributed by atoms with Crippen molar-refractivity contribution in [2.24, 2.45) is 0 Å². The van der Waals surface area contributed by atoms with E-state index in [0.717, 1.165) is 29.7 Å². The molecule has 0 aromatic heterocycles. The molecular formula is C16H17NO2. The van der Waals surface area contributed by atoms with Gasteiger partial charge >= 0.3 is 0 Å². The quantitative estimate of drug-likeness (QED) is 0.837. The summed E-state index contributed by atoms with van der Waals surface area (Å²) >= 11 is 0. The molecule has 0 atom stereocenters. The highest BCUT2D eigenvalue weighted by atomic mass is 16.5. The van der Waals surface area contributed by atoms with Gasteiger partial charge in [0.05, 0.1) is 18.9 Å². The molecule has 2 aromatic carbocycles. The maximum Gasteiger partial charge on any atom is 0.103 e. The lowest BCUT2D eigenvalue weighted by Gasteiger charge is -2.31. The van der Waals surface area contributed by atoms with Gasteiger partial charge in [0.25, 0.3) is 0 Å². The van der Waals surface area contributed by atoms with Crippen molar-refractivity contribution in [1.29, 1.82) is 0 Å². The molecule has 98 valence electrons. The molecule has 19 heavy (non-hydrogen) atoms. The third kappa shape index (κ3) is 2.29. The van der Waals surface area contributed by atoms with Gasteiger partial charge in [-0.1, -0.05) is 42.5 Å². The lowest BCUT2D eigenvalue weighted by Crippen LogP contribution is -2.35. The molecule has 3 heteroatoms. The van der Waals surface area contributed by atoms with E-state index >= 15 is 0 Å². The molecule has 0 unspecified atom stereocenters. The van der Waals surface area contributed by atoms with Gasteiger partial charge in [-0.05, 0) is 10.8 Å². The number of hydrogen-bond acceptors (Lipinski definition) is 3. The van der Waals surface area contributed by atoms with Crippen molar-refractivity contribution in [2.45, 2.75) is 0 Å². The van der Waals surface area contributed by atoms with Crippen LogP contribution in [0.5, 0.6) is 0 Å². The van der Waals surface area contributed by atoms with Crippen molar-refractivity contribution in [2.75, 3.05) is 26.3 Å². The van der Waals surface area contributed by atoms with Gasteiger partial charge in [0.2, 0.25) is 0 Å². The van der Waals surface area contributed by atoms with Crippen molar-refractivity contribution in [3.8, 4) is 0 Å². The van der Waals surface area contributed by atoms with Crippen molar-refractivity contribution >= 4 is 16.5 Å². The maximum atomic E-state index is 9.65. The first kappa shape index (κ1) is 12.1. The maximum absolute atomic E-state index is 9.65. The fraction of sp³-hybridized carbons (Fsp3) is 0.250. The molecule has 3 rings (SSSR count). The molecule has 0 spiro atoms. The van der Waals surface area contributed by atoms with Gasteiger partial charge in [-0.25, -0.2) is 0 Å². The molecule has 1 fully saturated rings. The van der Waals surface area contributed by atoms with Crippen LogP contribution >= 0.6 is 0 Å². The number of benzene rings is 2. The SMILES string of the molecule is OC=C(c1cccc2ccccc12)N1CCOCC1. The van der Waals surface area contributed by atoms with Crippen molar-refractivity contribution in [1.82, 2.24) is 4.90 Å². The number of nitrogens with zero attached hydrogens (tertiary/aromatic N) is 1. The van der Waals surface area contributed by atoms with Crippen LogP contribution in [-0.2, 0) is 4.74 Å². The molecule has 1 saturated heterocycles. The van der Waals surface area contributed by atoms with Crippen LogP contribution in [0, 0.1) is 0 Å². The Hall–Kier alpha value is -2.00. The minimum atomic E-state index is 0.710. The van der Waals surface area contributed by atoms with E-state index in [2.05, 4.69) is 29.2 Å². The van der Waals surface area contributed by atoms with Gasteiger partial charge < -0.3 is 14.7 Å². The van der Waals surface area contributed by atoms with Crippen LogP contribution in [0.4, 0.5) is 0 Å². The zero-order valence-electron chi connectivity index (χ0n) is 10.7. The lowest BCUT2D eigenvalue weighted by molar-refractivity contribution is 0.0634. The molecule has 0 aliphatic carbocycles. The molecule has 3 nitrogen and oxygen atoms in total. The van der Waals surface area contributed by atoms with Gasteiger partial charge in [0, 0.05) is 18.7 Å². The topological polar surface area (TPSA) is 32.7 Å². The largest absolute Gasteiger partial charge is 0.513 e. The number of morpholine rings is 1. The third-order valence-corrected chi connectivity index (χ3v) is 3.54. The van der Waals surface area contributed by atoms with Crippen LogP contribution in [-0.4, -0.2) is 36.3 Å². The number of rotatable bonds is 2. The van der Waals surface area contributed by atoms with Gasteiger partial charge in [0.1, 0.15) is 6.26 Å². The highest BCUT2D eigenvalue weighted by Gasteiger charge is 2.17. The first-order chi connectivity index (χ1) is 9.40. The summed E-state index contributed by atoms with van der Waals surface area (Å²) in [4.78, 5) is 2.17. The highest BCUT2D eigenvalue weighted by Crippen LogP contribution is 2.27. The van der Waals surface area contributed by atoms with Crippen molar-refractivity contribution < 1.29 is 9.84 Å². The third-order valence-electron chi connectivity index (χ3n) is 3.54. The second kappa shape index (κ2) is 5.33. The average molecular weight is 255 g/mol. The summed E-state index contributed by atoms with van der Waals surface area (Å²) in [6.45, 7) is 3.05. The number of hydrogen-bond donors (Lipinski definition) is 1. The number of aliphatic hydroxyl groups excluding tert-OH is 1. The smallest absolute Gasteiger partial charge is 0.103 e. The van der Waals surface area contributed by atoms with Crippen LogP contribution in [0.15, 0.2) is 48.7 Å². The van der Waals surface area contributed by atoms with Crippen LogP contribution in [0.3, 0.4) is 0 Å². The normalized spacial score (nSPS) is 16.8. The zero-order valence-corrected chi connectivity index (χ0v) is 10.7. The van der Waals surface area contributed by atoms with Crippen molar-refractivity contribution in [3.63, 3.8) is 0 Å². The molecule has 1 aliphatic heterocycles. The number of ether oxygens (including phenoxy) is 1. The fourth-order valence-electron chi connectivity index (χ4n) is 2.57. The van der Waals surface area contributed by atoms with Gasteiger partial charge in [-0.2, -0.15) is 0 Å². The molecule has 0 radical (unpaired) electrons. The summed E-state index contributed by atoms with van der Waals surface area (Å²) in [6.07, 6.45) is 1.22. The second-order valence-corrected chi connectivity index (χ2v) is 4.64. The minimum absolute atomic E-state index is 0.710. The van der Waals surface area contributed by atoms with Crippen molar-refractivity contribution in [3.05, 3.63) is 54.3 Å². The van der Waals surface area contributed by atoms with E-state index in [4.69, 9.17) is 4.74 Å². The van der Waals surface area contributed by atoms with E-state index in [-0.39, 0.29) is 0 Å². The Morgan fingerprint density at radius 3 is 2.58 bits per heavy atom. The number of fused-ring (bicyclic) bond motifs is 1. The van der Waals surface area contributed by atoms with Gasteiger partial charge in [0.15, 0.2) is 0 Å². The first-order valence-corrected chi connectivity index (χ1v) is 6.55. The molecule has 2 aromatic rings. The summed E-state index contributed by atoms with van der Waals surface area (Å²) in [7, 11) is 0. The fourth-order valence-corrected chi connectivity index (χ4v) is 2.57. The lowest BCUT2D eigenvalue weighted by atomic mass is 10.0. The predicted octanol–water partition coefficient (Wildman–Crippen LogP) is 3.03. The van der Waals surface area contributed by atoms with Gasteiger partial charge in [-0.3, -0.25) is 0 Å². The molecule has 0 bridgehead atoms. The average Bonchev–Trinajstić information content (AvgIpc) is 2.49. The molecular weight excluding hydrogens is 238 g/mol. The van der Waals surface area contributed by atoms with E-state index < -0.39 is 0 Å². The molecule has 0 amide bonds. The van der Waals surface area contributed by atoms with Crippen LogP contribution in [0.25, 0.3) is 16.5 Å². The Morgan fingerprint density at radius 2 is 1.79 bits per heavy atom. The van der Waals surface area contributed by atoms with E-state index in [1.54, 1.807) is 0 Å². The molecule has 1 heterocycles. The molecule has 1 N–H and O–H groups in total. The minimum Gasteiger partial charge on any atom is -0.513 e. The van der Waals surface area contributed by atoms with E-state index in [0.29, 0.717) is 13.2 Å². The van der Waals surface area contributed by atoms with E-state index in [1.807, 2.05) is 18.2 Å². The Bertz CT molecular complexity index is 595. The summed E-state index contributed by atoms with van der Waals surface area (Å²) in [5.41, 5.74) is 1.95. The first-order valence-electron chi connectivity index (χ1n) is 6.55. The standard InChI is InChI=1S/C16H17NO2/c18-12-16(17-8-10-19-11-9-17)15-7-3-5-13-4-1-2-6-14(13)15/h1-7,12,18H,8-11H2. The second-order valence-electron chi connectivity index (χ2n) is 4.64. The Morgan fingerprint density at radius 1 is 1.05 bits per heavy atom. The summed E-state index contributed by atoms with van der Waals surface area (Å²) < 4.78 is 5.37. The zero-order chi connectivity index (χ0) is 13.1. The Labute approximate surface area is 112 Å². The van der Waals surface area contributed by atoms with Gasteiger partial charge in [-0.15, -0.1) is 0 Å². The number of aliphatic hydroxyl groups is 1.